The molecule has 8 rings (SSSR count). The van der Waals surface area contributed by atoms with Gasteiger partial charge >= 0.3 is 14.6 Å². The Hall–Kier alpha value is -4.23. The number of hydrogen-bond acceptors (Lipinski definition) is 5. The lowest BCUT2D eigenvalue weighted by molar-refractivity contribution is -0.125. The first-order chi connectivity index (χ1) is 22.2. The van der Waals surface area contributed by atoms with E-state index in [4.69, 9.17) is 14.0 Å². The average molecular weight is 589 g/mol. The summed E-state index contributed by atoms with van der Waals surface area (Å²) < 4.78 is 19.3. The van der Waals surface area contributed by atoms with Crippen molar-refractivity contribution in [1.29, 1.82) is 0 Å². The lowest BCUT2D eigenvalue weighted by atomic mass is 9.75. The summed E-state index contributed by atoms with van der Waals surface area (Å²) in [5, 5.41) is 26.1. The van der Waals surface area contributed by atoms with E-state index in [-0.39, 0.29) is 6.42 Å². The van der Waals surface area contributed by atoms with E-state index in [9.17, 15) is 10.2 Å². The Morgan fingerprint density at radius 1 is 0.578 bits per heavy atom. The molecular formula is C38H31B2O5. The van der Waals surface area contributed by atoms with Crippen LogP contribution in [0.15, 0.2) is 133 Å². The SMILES string of the molecule is OC1CC(O[B]c2ccc(-c3ccccc3)c3ccccc23)C2OB(c3ccc(-c4ccccc4)c4ccccc34)OC2C1O. The third-order valence-electron chi connectivity index (χ3n) is 9.17. The van der Waals surface area contributed by atoms with Crippen molar-refractivity contribution in [3.8, 4) is 22.3 Å². The van der Waals surface area contributed by atoms with E-state index in [1.807, 2.05) is 66.7 Å². The van der Waals surface area contributed by atoms with E-state index in [1.165, 1.54) is 0 Å². The summed E-state index contributed by atoms with van der Waals surface area (Å²) in [6.45, 7) is 0. The third-order valence-corrected chi connectivity index (χ3v) is 9.17. The lowest BCUT2D eigenvalue weighted by Crippen LogP contribution is -2.55. The van der Waals surface area contributed by atoms with Gasteiger partial charge in [0, 0.05) is 6.42 Å². The maximum Gasteiger partial charge on any atom is 0.495 e. The molecule has 1 saturated carbocycles. The third kappa shape index (κ3) is 5.17. The Morgan fingerprint density at radius 2 is 1.11 bits per heavy atom. The zero-order chi connectivity index (χ0) is 30.3. The molecule has 1 aliphatic carbocycles. The molecule has 1 saturated heterocycles. The van der Waals surface area contributed by atoms with Crippen molar-refractivity contribution in [3.63, 3.8) is 0 Å². The topological polar surface area (TPSA) is 68.2 Å². The molecule has 2 aliphatic rings. The van der Waals surface area contributed by atoms with Gasteiger partial charge < -0.3 is 24.2 Å². The smallest absolute Gasteiger partial charge is 0.429 e. The zero-order valence-electron chi connectivity index (χ0n) is 24.6. The van der Waals surface area contributed by atoms with Crippen molar-refractivity contribution in [1.82, 2.24) is 0 Å². The molecule has 0 bridgehead atoms. The van der Waals surface area contributed by atoms with Crippen LogP contribution < -0.4 is 10.9 Å². The van der Waals surface area contributed by atoms with Crippen LogP contribution in [-0.2, 0) is 14.0 Å². The minimum absolute atomic E-state index is 0.225. The minimum Gasteiger partial charge on any atom is -0.429 e. The van der Waals surface area contributed by atoms with Gasteiger partial charge in [-0.2, -0.15) is 0 Å². The van der Waals surface area contributed by atoms with Crippen molar-refractivity contribution in [2.45, 2.75) is 36.9 Å². The van der Waals surface area contributed by atoms with Gasteiger partial charge in [0.1, 0.15) is 6.10 Å². The molecule has 1 aliphatic heterocycles. The second-order valence-electron chi connectivity index (χ2n) is 11.8. The molecule has 6 aromatic carbocycles. The highest BCUT2D eigenvalue weighted by molar-refractivity contribution is 6.65. The number of aliphatic hydroxyl groups is 2. The van der Waals surface area contributed by atoms with Crippen molar-refractivity contribution >= 4 is 47.1 Å². The summed E-state index contributed by atoms with van der Waals surface area (Å²) in [5.41, 5.74) is 6.38. The van der Waals surface area contributed by atoms with E-state index in [0.717, 1.165) is 54.7 Å². The Balaban J connectivity index is 1.08. The van der Waals surface area contributed by atoms with Crippen LogP contribution in [0.25, 0.3) is 43.8 Å². The van der Waals surface area contributed by atoms with Crippen LogP contribution >= 0.6 is 0 Å². The molecule has 1 radical (unpaired) electrons. The minimum atomic E-state index is -1.08. The molecule has 6 aromatic rings. The standard InChI is InChI=1S/C38H31B2O5/c41-34-23-35(43-39-32-21-19-26(24-11-3-1-4-12-24)28-15-7-9-17-30(28)32)37-38(36(34)42)45-40(44-37)33-22-20-27(25-13-5-2-6-14-25)29-16-8-10-18-31(29)33/h1-22,34-38,41-42H,23H2. The summed E-state index contributed by atoms with van der Waals surface area (Å²) in [7, 11) is 1.04. The van der Waals surface area contributed by atoms with Gasteiger partial charge in [-0.15, -0.1) is 0 Å². The van der Waals surface area contributed by atoms with E-state index in [2.05, 4.69) is 66.7 Å². The number of fused-ring (bicyclic) bond motifs is 3. The predicted molar refractivity (Wildman–Crippen MR) is 181 cm³/mol. The highest BCUT2D eigenvalue weighted by atomic mass is 16.7. The monoisotopic (exact) mass is 589 g/mol. The quantitative estimate of drug-likeness (QED) is 0.260. The molecule has 5 unspecified atom stereocenters. The van der Waals surface area contributed by atoms with Gasteiger partial charge in [0.2, 0.25) is 0 Å². The largest absolute Gasteiger partial charge is 0.495 e. The molecular weight excluding hydrogens is 558 g/mol. The van der Waals surface area contributed by atoms with Gasteiger partial charge in [0.25, 0.3) is 0 Å². The van der Waals surface area contributed by atoms with Crippen LogP contribution in [0.5, 0.6) is 0 Å². The van der Waals surface area contributed by atoms with Gasteiger partial charge in [0.05, 0.1) is 24.4 Å². The normalized spacial score (nSPS) is 22.9. The van der Waals surface area contributed by atoms with Crippen LogP contribution in [0.4, 0.5) is 0 Å². The van der Waals surface area contributed by atoms with Crippen molar-refractivity contribution in [3.05, 3.63) is 133 Å². The second-order valence-corrected chi connectivity index (χ2v) is 11.8. The maximum atomic E-state index is 11.0. The summed E-state index contributed by atoms with van der Waals surface area (Å²) in [6, 6.07) is 45.5. The van der Waals surface area contributed by atoms with Gasteiger partial charge in [-0.05, 0) is 54.7 Å². The van der Waals surface area contributed by atoms with Crippen LogP contribution in [0.2, 0.25) is 0 Å². The second kappa shape index (κ2) is 11.9. The Kier molecular flexibility index (Phi) is 7.50. The van der Waals surface area contributed by atoms with Crippen molar-refractivity contribution in [2.75, 3.05) is 0 Å². The van der Waals surface area contributed by atoms with Gasteiger partial charge in [-0.3, -0.25) is 0 Å². The molecule has 45 heavy (non-hydrogen) atoms. The first-order valence-corrected chi connectivity index (χ1v) is 15.5. The van der Waals surface area contributed by atoms with Gasteiger partial charge in [-0.1, -0.05) is 133 Å². The maximum absolute atomic E-state index is 11.0. The molecule has 219 valence electrons. The molecule has 5 nitrogen and oxygen atoms in total. The fourth-order valence-corrected chi connectivity index (χ4v) is 6.91. The fraction of sp³-hybridized carbons (Fsp3) is 0.158. The Morgan fingerprint density at radius 3 is 1.78 bits per heavy atom. The van der Waals surface area contributed by atoms with E-state index >= 15 is 0 Å². The van der Waals surface area contributed by atoms with Gasteiger partial charge in [-0.25, -0.2) is 0 Å². The van der Waals surface area contributed by atoms with Crippen LogP contribution in [0.3, 0.4) is 0 Å². The molecule has 2 N–H and O–H groups in total. The average Bonchev–Trinajstić information content (AvgIpc) is 3.55. The first-order valence-electron chi connectivity index (χ1n) is 15.5. The number of aliphatic hydroxyl groups excluding tert-OH is 2. The predicted octanol–water partition coefficient (Wildman–Crippen LogP) is 5.26. The molecule has 5 atom stereocenters. The summed E-state index contributed by atoms with van der Waals surface area (Å²) in [5.74, 6) is 0. The number of rotatable bonds is 6. The number of benzene rings is 6. The molecule has 7 heteroatoms. The molecule has 0 amide bonds. The van der Waals surface area contributed by atoms with E-state index in [0.29, 0.717) is 0 Å². The first kappa shape index (κ1) is 28.3. The molecule has 0 spiro atoms. The van der Waals surface area contributed by atoms with Gasteiger partial charge in [0.15, 0.2) is 0 Å². The van der Waals surface area contributed by atoms with Crippen LogP contribution in [-0.4, -0.2) is 55.3 Å². The number of hydrogen-bond donors (Lipinski definition) is 2. The summed E-state index contributed by atoms with van der Waals surface area (Å²) >= 11 is 0. The molecule has 1 heterocycles. The Bertz CT molecular complexity index is 1970. The zero-order valence-corrected chi connectivity index (χ0v) is 24.6. The van der Waals surface area contributed by atoms with Crippen molar-refractivity contribution in [2.24, 2.45) is 0 Å². The fourth-order valence-electron chi connectivity index (χ4n) is 6.91. The highest BCUT2D eigenvalue weighted by Crippen LogP contribution is 2.35. The van der Waals surface area contributed by atoms with E-state index < -0.39 is 37.6 Å². The van der Waals surface area contributed by atoms with Crippen LogP contribution in [0.1, 0.15) is 6.42 Å². The van der Waals surface area contributed by atoms with E-state index in [1.54, 1.807) is 7.48 Å². The summed E-state index contributed by atoms with van der Waals surface area (Å²) in [6.07, 6.45) is -3.67. The molecule has 2 fully saturated rings. The van der Waals surface area contributed by atoms with Crippen molar-refractivity contribution < 1.29 is 24.2 Å². The summed E-state index contributed by atoms with van der Waals surface area (Å²) in [4.78, 5) is 0. The Labute approximate surface area is 263 Å². The van der Waals surface area contributed by atoms with Crippen LogP contribution in [0, 0.1) is 0 Å². The molecule has 0 aromatic heterocycles. The highest BCUT2D eigenvalue weighted by Gasteiger charge is 2.53. The lowest BCUT2D eigenvalue weighted by Gasteiger charge is -2.38.